The molecule has 0 N–H and O–H groups in total. The van der Waals surface area contributed by atoms with E-state index in [2.05, 4.69) is 20.9 Å². The Bertz CT molecular complexity index is 1220. The largest absolute Gasteiger partial charge is 0.465 e. The minimum Gasteiger partial charge on any atom is -0.465 e. The van der Waals surface area contributed by atoms with Crippen molar-refractivity contribution in [1.82, 2.24) is 0 Å². The normalized spacial score (nSPS) is 14.7. The van der Waals surface area contributed by atoms with Crippen LogP contribution in [0, 0.1) is 0 Å². The number of rotatable bonds is 4. The molecule has 1 amide bonds. The molecule has 0 fully saturated rings. The Morgan fingerprint density at radius 3 is 2.35 bits per heavy atom. The molecule has 0 saturated heterocycles. The lowest BCUT2D eigenvalue weighted by Gasteiger charge is -2.19. The Morgan fingerprint density at radius 2 is 1.71 bits per heavy atom. The summed E-state index contributed by atoms with van der Waals surface area (Å²) in [5.41, 5.74) is 2.76. The van der Waals surface area contributed by atoms with E-state index in [1.165, 1.54) is 7.11 Å². The lowest BCUT2D eigenvalue weighted by atomic mass is 10.1. The molecule has 0 unspecified atom stereocenters. The fourth-order valence-corrected chi connectivity index (χ4v) is 3.65. The highest BCUT2D eigenvalue weighted by Gasteiger charge is 2.33. The highest BCUT2D eigenvalue weighted by molar-refractivity contribution is 9.10. The van der Waals surface area contributed by atoms with E-state index >= 15 is 0 Å². The first-order valence-corrected chi connectivity index (χ1v) is 10.5. The Balaban J connectivity index is 1.78. The van der Waals surface area contributed by atoms with Crippen molar-refractivity contribution in [2.75, 3.05) is 12.0 Å². The van der Waals surface area contributed by atoms with Gasteiger partial charge >= 0.3 is 5.97 Å². The minimum absolute atomic E-state index is 0.267. The highest BCUT2D eigenvalue weighted by Crippen LogP contribution is 2.31. The van der Waals surface area contributed by atoms with Crippen LogP contribution in [0.3, 0.4) is 0 Å². The van der Waals surface area contributed by atoms with Gasteiger partial charge in [0.2, 0.25) is 0 Å². The molecule has 0 aliphatic carbocycles. The molecule has 31 heavy (non-hydrogen) atoms. The van der Waals surface area contributed by atoms with Gasteiger partial charge < -0.3 is 4.74 Å². The van der Waals surface area contributed by atoms with E-state index in [-0.39, 0.29) is 11.6 Å². The number of ether oxygens (including phenoxy) is 1. The molecule has 1 aliphatic rings. The van der Waals surface area contributed by atoms with Crippen molar-refractivity contribution in [2.24, 2.45) is 4.99 Å². The molecule has 0 radical (unpaired) electrons. The fourth-order valence-electron chi connectivity index (χ4n) is 3.16. The van der Waals surface area contributed by atoms with Gasteiger partial charge in [0.1, 0.15) is 11.5 Å². The average Bonchev–Trinajstić information content (AvgIpc) is 3.10. The number of carbonyl (C=O) groups excluding carboxylic acids is 2. The molecular weight excluding hydrogens is 480 g/mol. The van der Waals surface area contributed by atoms with Crippen molar-refractivity contribution in [3.05, 3.63) is 105 Å². The quantitative estimate of drug-likeness (QED) is 0.343. The van der Waals surface area contributed by atoms with Crippen LogP contribution < -0.4 is 4.90 Å². The molecule has 0 saturated carbocycles. The van der Waals surface area contributed by atoms with E-state index in [0.717, 1.165) is 10.0 Å². The van der Waals surface area contributed by atoms with Crippen LogP contribution in [-0.2, 0) is 9.53 Å². The summed E-state index contributed by atoms with van der Waals surface area (Å²) in [6.45, 7) is 0. The number of nitrogens with zero attached hydrogens (tertiary/aromatic N) is 2. The molecular formula is C24H16BrClN2O3. The fraction of sp³-hybridized carbons (Fsp3) is 0.0417. The lowest BCUT2D eigenvalue weighted by molar-refractivity contribution is -0.113. The smallest absolute Gasteiger partial charge is 0.337 e. The number of benzene rings is 3. The monoisotopic (exact) mass is 494 g/mol. The zero-order chi connectivity index (χ0) is 22.0. The maximum atomic E-state index is 13.3. The number of aliphatic imine (C=N–C) groups is 1. The van der Waals surface area contributed by atoms with Crippen LogP contribution in [0.4, 0.5) is 5.69 Å². The van der Waals surface area contributed by atoms with Gasteiger partial charge in [-0.2, -0.15) is 0 Å². The number of amides is 1. The van der Waals surface area contributed by atoms with Crippen LogP contribution in [0.25, 0.3) is 6.08 Å². The SMILES string of the molecule is COC(=O)c1ccc(/C=C2/N=C(c3ccccc3Cl)N(c3ccc(Br)cc3)C2=O)cc1. The number of esters is 1. The molecule has 7 heteroatoms. The number of carbonyl (C=O) groups is 2. The van der Waals surface area contributed by atoms with E-state index in [1.54, 1.807) is 41.3 Å². The van der Waals surface area contributed by atoms with E-state index in [9.17, 15) is 9.59 Å². The van der Waals surface area contributed by atoms with Crippen LogP contribution in [0.2, 0.25) is 5.02 Å². The van der Waals surface area contributed by atoms with Gasteiger partial charge in [0.25, 0.3) is 5.91 Å². The van der Waals surface area contributed by atoms with E-state index in [1.807, 2.05) is 42.5 Å². The van der Waals surface area contributed by atoms with Gasteiger partial charge in [-0.15, -0.1) is 0 Å². The average molecular weight is 496 g/mol. The molecule has 4 rings (SSSR count). The summed E-state index contributed by atoms with van der Waals surface area (Å²) < 4.78 is 5.62. The molecule has 0 bridgehead atoms. The number of amidine groups is 1. The maximum absolute atomic E-state index is 13.3. The van der Waals surface area contributed by atoms with Crippen molar-refractivity contribution in [3.63, 3.8) is 0 Å². The zero-order valence-electron chi connectivity index (χ0n) is 16.4. The Hall–Kier alpha value is -3.22. The van der Waals surface area contributed by atoms with Crippen LogP contribution in [0.5, 0.6) is 0 Å². The summed E-state index contributed by atoms with van der Waals surface area (Å²) >= 11 is 9.83. The predicted octanol–water partition coefficient (Wildman–Crippen LogP) is 5.72. The van der Waals surface area contributed by atoms with Crippen molar-refractivity contribution in [3.8, 4) is 0 Å². The van der Waals surface area contributed by atoms with Gasteiger partial charge in [-0.3, -0.25) is 9.69 Å². The molecule has 3 aromatic rings. The molecule has 3 aromatic carbocycles. The van der Waals surface area contributed by atoms with Crippen molar-refractivity contribution in [1.29, 1.82) is 0 Å². The Kier molecular flexibility index (Phi) is 6.02. The number of hydrogen-bond acceptors (Lipinski definition) is 4. The van der Waals surface area contributed by atoms with E-state index in [0.29, 0.717) is 27.7 Å². The van der Waals surface area contributed by atoms with Gasteiger partial charge in [0, 0.05) is 10.0 Å². The maximum Gasteiger partial charge on any atom is 0.337 e. The van der Waals surface area contributed by atoms with E-state index < -0.39 is 5.97 Å². The summed E-state index contributed by atoms with van der Waals surface area (Å²) in [6.07, 6.45) is 1.68. The predicted molar refractivity (Wildman–Crippen MR) is 125 cm³/mol. The van der Waals surface area contributed by atoms with Crippen LogP contribution >= 0.6 is 27.5 Å². The first-order chi connectivity index (χ1) is 15.0. The van der Waals surface area contributed by atoms with Crippen molar-refractivity contribution < 1.29 is 14.3 Å². The number of halogens is 2. The van der Waals surface area contributed by atoms with Crippen molar-refractivity contribution in [2.45, 2.75) is 0 Å². The minimum atomic E-state index is -0.420. The third kappa shape index (κ3) is 4.31. The highest BCUT2D eigenvalue weighted by atomic mass is 79.9. The Labute approximate surface area is 192 Å². The Morgan fingerprint density at radius 1 is 1.03 bits per heavy atom. The van der Waals surface area contributed by atoms with Gasteiger partial charge in [0.05, 0.1) is 23.4 Å². The molecule has 0 spiro atoms. The summed E-state index contributed by atoms with van der Waals surface area (Å²) in [4.78, 5) is 31.1. The second-order valence-electron chi connectivity index (χ2n) is 6.68. The van der Waals surface area contributed by atoms with Crippen LogP contribution in [0.15, 0.2) is 88.0 Å². The third-order valence-corrected chi connectivity index (χ3v) is 5.55. The molecule has 154 valence electrons. The van der Waals surface area contributed by atoms with Gasteiger partial charge in [0.15, 0.2) is 0 Å². The molecule has 0 atom stereocenters. The second kappa shape index (κ2) is 8.88. The molecule has 5 nitrogen and oxygen atoms in total. The number of hydrogen-bond donors (Lipinski definition) is 0. The summed E-state index contributed by atoms with van der Waals surface area (Å²) in [5, 5.41) is 0.500. The van der Waals surface area contributed by atoms with E-state index in [4.69, 9.17) is 16.3 Å². The third-order valence-electron chi connectivity index (χ3n) is 4.70. The van der Waals surface area contributed by atoms with Gasteiger partial charge in [-0.05, 0) is 60.2 Å². The van der Waals surface area contributed by atoms with Gasteiger partial charge in [-0.1, -0.05) is 51.8 Å². The van der Waals surface area contributed by atoms with Crippen LogP contribution in [0.1, 0.15) is 21.5 Å². The molecule has 1 heterocycles. The topological polar surface area (TPSA) is 59.0 Å². The van der Waals surface area contributed by atoms with Gasteiger partial charge in [-0.25, -0.2) is 9.79 Å². The number of methoxy groups -OCH3 is 1. The van der Waals surface area contributed by atoms with Crippen molar-refractivity contribution >= 4 is 57.0 Å². The summed E-state index contributed by atoms with van der Waals surface area (Å²) in [6, 6.07) is 21.4. The molecule has 1 aliphatic heterocycles. The summed E-state index contributed by atoms with van der Waals surface area (Å²) in [5.74, 6) is -0.235. The first-order valence-electron chi connectivity index (χ1n) is 9.31. The second-order valence-corrected chi connectivity index (χ2v) is 8.00. The number of anilines is 1. The molecule has 0 aromatic heterocycles. The summed E-state index contributed by atoms with van der Waals surface area (Å²) in [7, 11) is 1.33. The standard InChI is InChI=1S/C24H16BrClN2O3/c1-31-24(30)16-8-6-15(7-9-16)14-21-23(29)28(18-12-10-17(25)11-13-18)22(27-21)19-4-2-3-5-20(19)26/h2-14H,1H3/b21-14+. The van der Waals surface area contributed by atoms with Crippen LogP contribution in [-0.4, -0.2) is 24.8 Å². The first kappa shape index (κ1) is 21.0. The zero-order valence-corrected chi connectivity index (χ0v) is 18.7. The lowest BCUT2D eigenvalue weighted by Crippen LogP contribution is -2.32.